The highest BCUT2D eigenvalue weighted by Crippen LogP contribution is 2.39. The SMILES string of the molecule is COc1ccc(C2c3[nH]c4ccc(Cl)cc4c3CCN2C(=O)OCc2ccccc2)cc1. The summed E-state index contributed by atoms with van der Waals surface area (Å²) in [4.78, 5) is 18.5. The van der Waals surface area contributed by atoms with Crippen LogP contribution in [-0.4, -0.2) is 29.6 Å². The minimum atomic E-state index is -0.336. The molecule has 1 aromatic heterocycles. The molecule has 3 aromatic carbocycles. The van der Waals surface area contributed by atoms with Crippen LogP contribution in [0.5, 0.6) is 5.75 Å². The summed E-state index contributed by atoms with van der Waals surface area (Å²) in [5.74, 6) is 0.770. The standard InChI is InChI=1S/C26H23ClN2O3/c1-31-20-10-7-18(8-11-20)25-24-21(22-15-19(27)9-12-23(22)28-24)13-14-29(25)26(30)32-16-17-5-3-2-4-6-17/h2-12,15,25,28H,13-14,16H2,1H3. The molecule has 0 saturated carbocycles. The first-order chi connectivity index (χ1) is 15.6. The molecule has 1 amide bonds. The Morgan fingerprint density at radius 3 is 2.62 bits per heavy atom. The molecule has 2 heterocycles. The van der Waals surface area contributed by atoms with Crippen molar-refractivity contribution in [2.75, 3.05) is 13.7 Å². The molecule has 0 saturated heterocycles. The van der Waals surface area contributed by atoms with Gasteiger partial charge in [-0.1, -0.05) is 54.1 Å². The van der Waals surface area contributed by atoms with Gasteiger partial charge in [-0.05, 0) is 53.4 Å². The van der Waals surface area contributed by atoms with Gasteiger partial charge in [0.2, 0.25) is 0 Å². The van der Waals surface area contributed by atoms with Gasteiger partial charge < -0.3 is 14.5 Å². The van der Waals surface area contributed by atoms with Gasteiger partial charge in [-0.3, -0.25) is 4.90 Å². The zero-order valence-electron chi connectivity index (χ0n) is 17.7. The number of amides is 1. The van der Waals surface area contributed by atoms with Crippen LogP contribution in [0.3, 0.4) is 0 Å². The molecule has 0 aliphatic carbocycles. The topological polar surface area (TPSA) is 54.6 Å². The van der Waals surface area contributed by atoms with Crippen LogP contribution in [0.4, 0.5) is 4.79 Å². The summed E-state index contributed by atoms with van der Waals surface area (Å²) >= 11 is 6.27. The highest BCUT2D eigenvalue weighted by molar-refractivity contribution is 6.31. The Morgan fingerprint density at radius 1 is 1.09 bits per heavy atom. The molecule has 4 aromatic rings. The number of hydrogen-bond donors (Lipinski definition) is 1. The molecule has 0 fully saturated rings. The monoisotopic (exact) mass is 446 g/mol. The number of hydrogen-bond acceptors (Lipinski definition) is 3. The molecule has 1 atom stereocenters. The van der Waals surface area contributed by atoms with Gasteiger partial charge in [0.25, 0.3) is 0 Å². The third kappa shape index (κ3) is 3.80. The summed E-state index contributed by atoms with van der Waals surface area (Å²) in [6, 6.07) is 23.1. The first-order valence-electron chi connectivity index (χ1n) is 10.6. The summed E-state index contributed by atoms with van der Waals surface area (Å²) in [6.07, 6.45) is 0.389. The van der Waals surface area contributed by atoms with E-state index in [2.05, 4.69) is 4.98 Å². The van der Waals surface area contributed by atoms with Crippen molar-refractivity contribution in [2.24, 2.45) is 0 Å². The van der Waals surface area contributed by atoms with Crippen LogP contribution in [0.1, 0.15) is 28.4 Å². The molecular weight excluding hydrogens is 424 g/mol. The Kier molecular flexibility index (Phi) is 5.50. The minimum Gasteiger partial charge on any atom is -0.497 e. The van der Waals surface area contributed by atoms with Gasteiger partial charge in [0.05, 0.1) is 7.11 Å². The largest absolute Gasteiger partial charge is 0.497 e. The maximum absolute atomic E-state index is 13.2. The van der Waals surface area contributed by atoms with Gasteiger partial charge in [0.15, 0.2) is 0 Å². The molecule has 5 rings (SSSR count). The fraction of sp³-hybridized carbons (Fsp3) is 0.192. The number of rotatable bonds is 4. The lowest BCUT2D eigenvalue weighted by molar-refractivity contribution is 0.0832. The van der Waals surface area contributed by atoms with Crippen molar-refractivity contribution in [3.63, 3.8) is 0 Å². The van der Waals surface area contributed by atoms with Crippen LogP contribution in [-0.2, 0) is 17.8 Å². The zero-order valence-corrected chi connectivity index (χ0v) is 18.4. The number of ether oxygens (including phenoxy) is 2. The summed E-state index contributed by atoms with van der Waals surface area (Å²) in [5.41, 5.74) is 5.14. The van der Waals surface area contributed by atoms with Crippen LogP contribution in [0.2, 0.25) is 5.02 Å². The molecular formula is C26H23ClN2O3. The highest BCUT2D eigenvalue weighted by Gasteiger charge is 2.35. The van der Waals surface area contributed by atoms with E-state index >= 15 is 0 Å². The van der Waals surface area contributed by atoms with Gasteiger partial charge in [0.1, 0.15) is 18.4 Å². The number of aromatic amines is 1. The third-order valence-corrected chi connectivity index (χ3v) is 6.20. The lowest BCUT2D eigenvalue weighted by Crippen LogP contribution is -2.40. The number of aromatic nitrogens is 1. The number of halogens is 1. The van der Waals surface area contributed by atoms with Gasteiger partial charge >= 0.3 is 6.09 Å². The Balaban J connectivity index is 1.52. The molecule has 0 spiro atoms. The Labute approximate surface area is 191 Å². The molecule has 6 heteroatoms. The quantitative estimate of drug-likeness (QED) is 0.411. The summed E-state index contributed by atoms with van der Waals surface area (Å²) in [6.45, 7) is 0.789. The Morgan fingerprint density at radius 2 is 1.88 bits per heavy atom. The number of fused-ring (bicyclic) bond motifs is 3. The number of carbonyl (C=O) groups is 1. The van der Waals surface area contributed by atoms with Crippen molar-refractivity contribution in [3.8, 4) is 5.75 Å². The normalized spacial score (nSPS) is 15.4. The predicted molar refractivity (Wildman–Crippen MR) is 125 cm³/mol. The maximum atomic E-state index is 13.2. The third-order valence-electron chi connectivity index (χ3n) is 5.96. The number of methoxy groups -OCH3 is 1. The maximum Gasteiger partial charge on any atom is 0.410 e. The fourth-order valence-electron chi connectivity index (χ4n) is 4.39. The molecule has 5 nitrogen and oxygen atoms in total. The summed E-state index contributed by atoms with van der Waals surface area (Å²) in [7, 11) is 1.64. The zero-order chi connectivity index (χ0) is 22.1. The van der Waals surface area contributed by atoms with E-state index < -0.39 is 0 Å². The van der Waals surface area contributed by atoms with Crippen molar-refractivity contribution in [2.45, 2.75) is 19.1 Å². The van der Waals surface area contributed by atoms with E-state index in [1.165, 1.54) is 5.56 Å². The average molecular weight is 447 g/mol. The van der Waals surface area contributed by atoms with Crippen LogP contribution >= 0.6 is 11.6 Å². The number of H-pyrrole nitrogens is 1. The first-order valence-corrected chi connectivity index (χ1v) is 10.9. The van der Waals surface area contributed by atoms with Crippen molar-refractivity contribution >= 4 is 28.6 Å². The van der Waals surface area contributed by atoms with Gasteiger partial charge in [-0.2, -0.15) is 0 Å². The van der Waals surface area contributed by atoms with Crippen molar-refractivity contribution in [3.05, 3.63) is 100 Å². The second-order valence-electron chi connectivity index (χ2n) is 7.87. The molecule has 0 radical (unpaired) electrons. The van der Waals surface area contributed by atoms with Crippen molar-refractivity contribution < 1.29 is 14.3 Å². The van der Waals surface area contributed by atoms with E-state index in [-0.39, 0.29) is 18.7 Å². The van der Waals surface area contributed by atoms with E-state index in [0.29, 0.717) is 11.6 Å². The van der Waals surface area contributed by atoms with Gasteiger partial charge in [0, 0.05) is 28.2 Å². The van der Waals surface area contributed by atoms with Crippen LogP contribution in [0, 0.1) is 0 Å². The summed E-state index contributed by atoms with van der Waals surface area (Å²) < 4.78 is 11.0. The average Bonchev–Trinajstić information content (AvgIpc) is 3.20. The van der Waals surface area contributed by atoms with Gasteiger partial charge in [-0.25, -0.2) is 4.79 Å². The second kappa shape index (κ2) is 8.60. The smallest absolute Gasteiger partial charge is 0.410 e. The van der Waals surface area contributed by atoms with E-state index in [1.54, 1.807) is 12.0 Å². The van der Waals surface area contributed by atoms with E-state index in [9.17, 15) is 4.79 Å². The number of carbonyl (C=O) groups excluding carboxylic acids is 1. The first kappa shape index (κ1) is 20.5. The van der Waals surface area contributed by atoms with Crippen molar-refractivity contribution in [1.29, 1.82) is 0 Å². The fourth-order valence-corrected chi connectivity index (χ4v) is 4.56. The highest BCUT2D eigenvalue weighted by atomic mass is 35.5. The van der Waals surface area contributed by atoms with Gasteiger partial charge in [-0.15, -0.1) is 0 Å². The van der Waals surface area contributed by atoms with Crippen LogP contribution in [0.15, 0.2) is 72.8 Å². The van der Waals surface area contributed by atoms with Crippen molar-refractivity contribution in [1.82, 2.24) is 9.88 Å². The number of nitrogens with one attached hydrogen (secondary N) is 1. The van der Waals surface area contributed by atoms with E-state index in [4.69, 9.17) is 21.1 Å². The Hall–Kier alpha value is -3.44. The van der Waals surface area contributed by atoms with Crippen LogP contribution in [0.25, 0.3) is 10.9 Å². The summed E-state index contributed by atoms with van der Waals surface area (Å²) in [5, 5.41) is 1.80. The molecule has 0 bridgehead atoms. The second-order valence-corrected chi connectivity index (χ2v) is 8.30. The molecule has 1 aliphatic rings. The van der Waals surface area contributed by atoms with Crippen LogP contribution < -0.4 is 4.74 Å². The molecule has 1 N–H and O–H groups in total. The predicted octanol–water partition coefficient (Wildman–Crippen LogP) is 6.11. The molecule has 32 heavy (non-hydrogen) atoms. The lowest BCUT2D eigenvalue weighted by atomic mass is 9.92. The minimum absolute atomic E-state index is 0.237. The van der Waals surface area contributed by atoms with E-state index in [0.717, 1.165) is 39.9 Å². The molecule has 1 aliphatic heterocycles. The Bertz CT molecular complexity index is 1250. The number of nitrogens with zero attached hydrogens (tertiary/aromatic N) is 1. The lowest BCUT2D eigenvalue weighted by Gasteiger charge is -2.35. The van der Waals surface area contributed by atoms with E-state index in [1.807, 2.05) is 72.8 Å². The molecule has 1 unspecified atom stereocenters. The number of benzene rings is 3. The molecule has 162 valence electrons.